The van der Waals surface area contributed by atoms with Crippen molar-refractivity contribution in [2.75, 3.05) is 18.0 Å². The van der Waals surface area contributed by atoms with Gasteiger partial charge in [0, 0.05) is 28.3 Å². The van der Waals surface area contributed by atoms with Crippen molar-refractivity contribution < 1.29 is 0 Å². The zero-order valence-corrected chi connectivity index (χ0v) is 13.3. The minimum absolute atomic E-state index is 0.206. The molecule has 0 aliphatic carbocycles. The number of anilines is 1. The molecule has 1 saturated heterocycles. The van der Waals surface area contributed by atoms with Crippen molar-refractivity contribution in [1.29, 1.82) is 0 Å². The Bertz CT molecular complexity index is 429. The Kier molecular flexibility index (Phi) is 4.02. The maximum absolute atomic E-state index is 3.58. The van der Waals surface area contributed by atoms with Crippen LogP contribution in [0.25, 0.3) is 0 Å². The highest BCUT2D eigenvalue weighted by atomic mass is 79.9. The minimum Gasteiger partial charge on any atom is -0.365 e. The summed E-state index contributed by atoms with van der Waals surface area (Å²) in [5.41, 5.74) is 2.84. The standard InChI is InChI=1S/C15H23BrN2/c1-11-9-13(5-6-14(11)16)18-10-12(2)17-8-7-15(18,3)4/h5-6,9,12,17H,7-8,10H2,1-4H3. The summed E-state index contributed by atoms with van der Waals surface area (Å²) in [7, 11) is 0. The van der Waals surface area contributed by atoms with Gasteiger partial charge in [-0.3, -0.25) is 0 Å². The summed E-state index contributed by atoms with van der Waals surface area (Å²) >= 11 is 3.58. The van der Waals surface area contributed by atoms with Gasteiger partial charge in [-0.2, -0.15) is 0 Å². The summed E-state index contributed by atoms with van der Waals surface area (Å²) in [5.74, 6) is 0. The number of nitrogens with one attached hydrogen (secondary N) is 1. The molecule has 1 unspecified atom stereocenters. The Hall–Kier alpha value is -0.540. The van der Waals surface area contributed by atoms with Crippen LogP contribution in [0.15, 0.2) is 22.7 Å². The Morgan fingerprint density at radius 2 is 2.11 bits per heavy atom. The van der Waals surface area contributed by atoms with Crippen LogP contribution < -0.4 is 10.2 Å². The lowest BCUT2D eigenvalue weighted by atomic mass is 9.97. The lowest BCUT2D eigenvalue weighted by Crippen LogP contribution is -2.46. The first-order valence-corrected chi connectivity index (χ1v) is 7.46. The number of aryl methyl sites for hydroxylation is 1. The molecule has 1 heterocycles. The average molecular weight is 311 g/mol. The SMILES string of the molecule is Cc1cc(N2CC(C)NCCC2(C)C)ccc1Br. The number of nitrogens with zero attached hydrogens (tertiary/aromatic N) is 1. The molecule has 1 aliphatic rings. The van der Waals surface area contributed by atoms with E-state index in [-0.39, 0.29) is 5.54 Å². The highest BCUT2D eigenvalue weighted by Gasteiger charge is 2.30. The molecular formula is C15H23BrN2. The van der Waals surface area contributed by atoms with Gasteiger partial charge in [0.15, 0.2) is 0 Å². The Morgan fingerprint density at radius 1 is 1.39 bits per heavy atom. The zero-order valence-electron chi connectivity index (χ0n) is 11.8. The molecule has 1 aromatic rings. The summed E-state index contributed by atoms with van der Waals surface area (Å²) in [6.45, 7) is 11.3. The topological polar surface area (TPSA) is 15.3 Å². The second-order valence-corrected chi connectivity index (χ2v) is 6.82. The molecule has 1 fully saturated rings. The highest BCUT2D eigenvalue weighted by molar-refractivity contribution is 9.10. The third-order valence-electron chi connectivity index (χ3n) is 3.87. The Morgan fingerprint density at radius 3 is 2.78 bits per heavy atom. The van der Waals surface area contributed by atoms with Crippen molar-refractivity contribution in [3.63, 3.8) is 0 Å². The van der Waals surface area contributed by atoms with Crippen molar-refractivity contribution in [2.45, 2.75) is 45.7 Å². The van der Waals surface area contributed by atoms with E-state index in [1.54, 1.807) is 0 Å². The van der Waals surface area contributed by atoms with E-state index in [2.05, 4.69) is 72.0 Å². The molecule has 0 saturated carbocycles. The van der Waals surface area contributed by atoms with Gasteiger partial charge in [0.2, 0.25) is 0 Å². The molecule has 0 aromatic heterocycles. The predicted octanol–water partition coefficient (Wildman–Crippen LogP) is 3.72. The molecule has 100 valence electrons. The molecule has 1 aliphatic heterocycles. The number of hydrogen-bond acceptors (Lipinski definition) is 2. The normalized spacial score (nSPS) is 23.8. The summed E-state index contributed by atoms with van der Waals surface area (Å²) in [6.07, 6.45) is 1.17. The van der Waals surface area contributed by atoms with Gasteiger partial charge in [-0.15, -0.1) is 0 Å². The predicted molar refractivity (Wildman–Crippen MR) is 82.4 cm³/mol. The van der Waals surface area contributed by atoms with Crippen LogP contribution in [-0.2, 0) is 0 Å². The third kappa shape index (κ3) is 2.89. The second-order valence-electron chi connectivity index (χ2n) is 5.96. The Labute approximate surface area is 119 Å². The van der Waals surface area contributed by atoms with E-state index in [0.29, 0.717) is 6.04 Å². The second kappa shape index (κ2) is 5.22. The number of hydrogen-bond donors (Lipinski definition) is 1. The van der Waals surface area contributed by atoms with Crippen molar-refractivity contribution in [3.8, 4) is 0 Å². The number of benzene rings is 1. The van der Waals surface area contributed by atoms with E-state index in [1.807, 2.05) is 0 Å². The van der Waals surface area contributed by atoms with Crippen molar-refractivity contribution >= 4 is 21.6 Å². The van der Waals surface area contributed by atoms with Gasteiger partial charge in [0.1, 0.15) is 0 Å². The van der Waals surface area contributed by atoms with Gasteiger partial charge < -0.3 is 10.2 Å². The summed E-state index contributed by atoms with van der Waals surface area (Å²) in [5, 5.41) is 3.57. The van der Waals surface area contributed by atoms with Crippen molar-refractivity contribution in [2.24, 2.45) is 0 Å². The molecule has 18 heavy (non-hydrogen) atoms. The fourth-order valence-electron chi connectivity index (χ4n) is 2.60. The van der Waals surface area contributed by atoms with Gasteiger partial charge in [-0.25, -0.2) is 0 Å². The van der Waals surface area contributed by atoms with Crippen LogP contribution in [-0.4, -0.2) is 24.7 Å². The fourth-order valence-corrected chi connectivity index (χ4v) is 2.84. The van der Waals surface area contributed by atoms with Crippen LogP contribution >= 0.6 is 15.9 Å². The van der Waals surface area contributed by atoms with Crippen LogP contribution in [0.5, 0.6) is 0 Å². The molecule has 0 radical (unpaired) electrons. The average Bonchev–Trinajstić information content (AvgIpc) is 2.41. The molecule has 0 bridgehead atoms. The molecule has 1 atom stereocenters. The minimum atomic E-state index is 0.206. The van der Waals surface area contributed by atoms with E-state index in [1.165, 1.54) is 22.1 Å². The van der Waals surface area contributed by atoms with Crippen LogP contribution in [0, 0.1) is 6.92 Å². The fraction of sp³-hybridized carbons (Fsp3) is 0.600. The maximum Gasteiger partial charge on any atom is 0.0374 e. The van der Waals surface area contributed by atoms with Gasteiger partial charge in [-0.1, -0.05) is 15.9 Å². The molecule has 2 nitrogen and oxygen atoms in total. The molecule has 0 amide bonds. The molecular weight excluding hydrogens is 288 g/mol. The van der Waals surface area contributed by atoms with Crippen molar-refractivity contribution in [1.82, 2.24) is 5.32 Å². The van der Waals surface area contributed by atoms with Gasteiger partial charge in [-0.05, 0) is 64.4 Å². The van der Waals surface area contributed by atoms with Crippen LogP contribution in [0.2, 0.25) is 0 Å². The summed E-state index contributed by atoms with van der Waals surface area (Å²) < 4.78 is 1.19. The smallest absolute Gasteiger partial charge is 0.0374 e. The molecule has 1 aromatic carbocycles. The summed E-state index contributed by atoms with van der Waals surface area (Å²) in [6, 6.07) is 7.19. The Balaban J connectivity index is 2.35. The van der Waals surface area contributed by atoms with Crippen LogP contribution in [0.4, 0.5) is 5.69 Å². The third-order valence-corrected chi connectivity index (χ3v) is 4.76. The van der Waals surface area contributed by atoms with E-state index >= 15 is 0 Å². The maximum atomic E-state index is 3.58. The lowest BCUT2D eigenvalue weighted by molar-refractivity contribution is 0.453. The van der Waals surface area contributed by atoms with E-state index in [9.17, 15) is 0 Å². The van der Waals surface area contributed by atoms with E-state index in [0.717, 1.165) is 13.1 Å². The van der Waals surface area contributed by atoms with Gasteiger partial charge in [0.05, 0.1) is 0 Å². The van der Waals surface area contributed by atoms with E-state index < -0.39 is 0 Å². The molecule has 1 N–H and O–H groups in total. The first-order valence-electron chi connectivity index (χ1n) is 6.67. The number of halogens is 1. The quantitative estimate of drug-likeness (QED) is 0.850. The zero-order chi connectivity index (χ0) is 13.3. The largest absolute Gasteiger partial charge is 0.365 e. The molecule has 3 heteroatoms. The molecule has 2 rings (SSSR count). The monoisotopic (exact) mass is 310 g/mol. The van der Waals surface area contributed by atoms with Crippen molar-refractivity contribution in [3.05, 3.63) is 28.2 Å². The van der Waals surface area contributed by atoms with E-state index in [4.69, 9.17) is 0 Å². The van der Waals surface area contributed by atoms with Crippen LogP contribution in [0.1, 0.15) is 32.8 Å². The molecule has 0 spiro atoms. The summed E-state index contributed by atoms with van der Waals surface area (Å²) in [4.78, 5) is 2.54. The first-order chi connectivity index (χ1) is 8.40. The van der Waals surface area contributed by atoms with Gasteiger partial charge >= 0.3 is 0 Å². The van der Waals surface area contributed by atoms with Crippen LogP contribution in [0.3, 0.4) is 0 Å². The highest BCUT2D eigenvalue weighted by Crippen LogP contribution is 2.31. The van der Waals surface area contributed by atoms with Gasteiger partial charge in [0.25, 0.3) is 0 Å². The first kappa shape index (κ1) is 13.9. The number of rotatable bonds is 1. The lowest BCUT2D eigenvalue weighted by Gasteiger charge is -2.40.